The molecular weight excluding hydrogens is 219 g/mol. The van der Waals surface area contributed by atoms with Crippen molar-refractivity contribution in [3.05, 3.63) is 59.7 Å². The van der Waals surface area contributed by atoms with E-state index in [4.69, 9.17) is 0 Å². The molecule has 0 atom stereocenters. The number of benzene rings is 1. The summed E-state index contributed by atoms with van der Waals surface area (Å²) in [7, 11) is 0. The molecule has 17 heavy (non-hydrogen) atoms. The molecule has 0 unspecified atom stereocenters. The van der Waals surface area contributed by atoms with Gasteiger partial charge in [-0.25, -0.2) is 4.39 Å². The van der Waals surface area contributed by atoms with Gasteiger partial charge in [0, 0.05) is 12.7 Å². The Hall–Kier alpha value is -2.10. The number of H-pyrrole nitrogens is 1. The number of nitrogens with one attached hydrogen (secondary N) is 2. The van der Waals surface area contributed by atoms with Gasteiger partial charge in [0.2, 0.25) is 0 Å². The lowest BCUT2D eigenvalue weighted by atomic mass is 10.1. The van der Waals surface area contributed by atoms with Crippen LogP contribution < -0.4 is 5.32 Å². The van der Waals surface area contributed by atoms with Crippen LogP contribution in [-0.4, -0.2) is 17.4 Å². The number of rotatable bonds is 4. The Bertz CT molecular complexity index is 477. The van der Waals surface area contributed by atoms with Crippen molar-refractivity contribution in [1.82, 2.24) is 10.3 Å². The predicted molar refractivity (Wildman–Crippen MR) is 63.2 cm³/mol. The van der Waals surface area contributed by atoms with Crippen molar-refractivity contribution in [2.75, 3.05) is 6.54 Å². The van der Waals surface area contributed by atoms with Gasteiger partial charge < -0.3 is 10.3 Å². The highest BCUT2D eigenvalue weighted by Gasteiger charge is 2.04. The van der Waals surface area contributed by atoms with E-state index >= 15 is 0 Å². The third-order valence-corrected chi connectivity index (χ3v) is 2.46. The maximum absolute atomic E-state index is 12.6. The second-order valence-electron chi connectivity index (χ2n) is 3.72. The molecular formula is C13H13FN2O. The smallest absolute Gasteiger partial charge is 0.267 e. The molecule has 0 spiro atoms. The van der Waals surface area contributed by atoms with Crippen LogP contribution >= 0.6 is 0 Å². The number of hydrogen-bond acceptors (Lipinski definition) is 1. The monoisotopic (exact) mass is 232 g/mol. The molecule has 1 heterocycles. The van der Waals surface area contributed by atoms with Gasteiger partial charge in [-0.15, -0.1) is 0 Å². The fraction of sp³-hybridized carbons (Fsp3) is 0.154. The minimum atomic E-state index is -0.246. The molecule has 0 fully saturated rings. The molecule has 0 radical (unpaired) electrons. The van der Waals surface area contributed by atoms with Crippen molar-refractivity contribution in [3.8, 4) is 0 Å². The summed E-state index contributed by atoms with van der Waals surface area (Å²) in [6, 6.07) is 9.76. The van der Waals surface area contributed by atoms with E-state index in [2.05, 4.69) is 10.3 Å². The Morgan fingerprint density at radius 2 is 2.00 bits per heavy atom. The fourth-order valence-electron chi connectivity index (χ4n) is 1.54. The van der Waals surface area contributed by atoms with Gasteiger partial charge in [0.15, 0.2) is 0 Å². The molecule has 0 aliphatic carbocycles. The van der Waals surface area contributed by atoms with Gasteiger partial charge >= 0.3 is 0 Å². The van der Waals surface area contributed by atoms with Gasteiger partial charge in [-0.05, 0) is 36.2 Å². The number of carbonyl (C=O) groups is 1. The van der Waals surface area contributed by atoms with Crippen LogP contribution in [0.5, 0.6) is 0 Å². The molecule has 2 N–H and O–H groups in total. The summed E-state index contributed by atoms with van der Waals surface area (Å²) in [5.74, 6) is -0.374. The lowest BCUT2D eigenvalue weighted by molar-refractivity contribution is 0.0950. The molecule has 4 heteroatoms. The van der Waals surface area contributed by atoms with E-state index in [0.29, 0.717) is 18.7 Å². The lowest BCUT2D eigenvalue weighted by Crippen LogP contribution is -2.25. The van der Waals surface area contributed by atoms with Crippen LogP contribution in [0.3, 0.4) is 0 Å². The average Bonchev–Trinajstić information content (AvgIpc) is 2.85. The van der Waals surface area contributed by atoms with Gasteiger partial charge in [-0.1, -0.05) is 12.1 Å². The first kappa shape index (κ1) is 11.4. The number of carbonyl (C=O) groups excluding carboxylic acids is 1. The number of aromatic amines is 1. The first-order chi connectivity index (χ1) is 8.25. The Kier molecular flexibility index (Phi) is 3.55. The van der Waals surface area contributed by atoms with E-state index in [9.17, 15) is 9.18 Å². The summed E-state index contributed by atoms with van der Waals surface area (Å²) >= 11 is 0. The zero-order chi connectivity index (χ0) is 12.1. The highest BCUT2D eigenvalue weighted by molar-refractivity contribution is 5.92. The summed E-state index contributed by atoms with van der Waals surface area (Å²) < 4.78 is 12.6. The molecule has 0 saturated carbocycles. The van der Waals surface area contributed by atoms with E-state index in [0.717, 1.165) is 5.56 Å². The minimum Gasteiger partial charge on any atom is -0.357 e. The molecule has 1 aromatic carbocycles. The average molecular weight is 232 g/mol. The van der Waals surface area contributed by atoms with Crippen LogP contribution in [0.2, 0.25) is 0 Å². The molecule has 0 aliphatic rings. The van der Waals surface area contributed by atoms with Crippen molar-refractivity contribution < 1.29 is 9.18 Å². The van der Waals surface area contributed by atoms with E-state index in [-0.39, 0.29) is 11.7 Å². The molecule has 88 valence electrons. The Balaban J connectivity index is 1.80. The van der Waals surface area contributed by atoms with Crippen LogP contribution in [0.25, 0.3) is 0 Å². The second-order valence-corrected chi connectivity index (χ2v) is 3.72. The van der Waals surface area contributed by atoms with Crippen molar-refractivity contribution >= 4 is 5.91 Å². The molecule has 1 aromatic heterocycles. The minimum absolute atomic E-state index is 0.128. The summed E-state index contributed by atoms with van der Waals surface area (Å²) in [5.41, 5.74) is 1.54. The third kappa shape index (κ3) is 3.17. The van der Waals surface area contributed by atoms with Gasteiger partial charge in [0.25, 0.3) is 5.91 Å². The highest BCUT2D eigenvalue weighted by Crippen LogP contribution is 2.03. The van der Waals surface area contributed by atoms with Crippen LogP contribution in [0.15, 0.2) is 42.6 Å². The van der Waals surface area contributed by atoms with Crippen LogP contribution in [0, 0.1) is 5.82 Å². The van der Waals surface area contributed by atoms with Crippen LogP contribution in [-0.2, 0) is 6.42 Å². The number of hydrogen-bond donors (Lipinski definition) is 2. The summed E-state index contributed by atoms with van der Waals surface area (Å²) in [6.07, 6.45) is 2.39. The predicted octanol–water partition coefficient (Wildman–Crippen LogP) is 2.13. The van der Waals surface area contributed by atoms with Gasteiger partial charge in [-0.2, -0.15) is 0 Å². The normalized spacial score (nSPS) is 10.2. The Labute approximate surface area is 98.7 Å². The second kappa shape index (κ2) is 5.30. The maximum Gasteiger partial charge on any atom is 0.267 e. The lowest BCUT2D eigenvalue weighted by Gasteiger charge is -2.04. The van der Waals surface area contributed by atoms with Gasteiger partial charge in [0.05, 0.1) is 0 Å². The number of halogens is 1. The number of amides is 1. The molecule has 2 rings (SSSR count). The molecule has 0 aliphatic heterocycles. The van der Waals surface area contributed by atoms with Crippen molar-refractivity contribution in [2.45, 2.75) is 6.42 Å². The van der Waals surface area contributed by atoms with Gasteiger partial charge in [-0.3, -0.25) is 4.79 Å². The van der Waals surface area contributed by atoms with E-state index in [1.165, 1.54) is 12.1 Å². The molecule has 1 amide bonds. The van der Waals surface area contributed by atoms with Crippen molar-refractivity contribution in [1.29, 1.82) is 0 Å². The van der Waals surface area contributed by atoms with Crippen molar-refractivity contribution in [2.24, 2.45) is 0 Å². The van der Waals surface area contributed by atoms with Crippen LogP contribution in [0.4, 0.5) is 4.39 Å². The topological polar surface area (TPSA) is 44.9 Å². The summed E-state index contributed by atoms with van der Waals surface area (Å²) in [4.78, 5) is 14.4. The summed E-state index contributed by atoms with van der Waals surface area (Å²) in [6.45, 7) is 0.531. The highest BCUT2D eigenvalue weighted by atomic mass is 19.1. The Morgan fingerprint density at radius 1 is 1.24 bits per heavy atom. The first-order valence-corrected chi connectivity index (χ1v) is 5.42. The standard InChI is InChI=1S/C13H13FN2O/c14-11-5-3-10(4-6-11)7-9-16-13(17)12-2-1-8-15-12/h1-6,8,15H,7,9H2,(H,16,17). The zero-order valence-corrected chi connectivity index (χ0v) is 9.24. The van der Waals surface area contributed by atoms with E-state index < -0.39 is 0 Å². The fourth-order valence-corrected chi connectivity index (χ4v) is 1.54. The van der Waals surface area contributed by atoms with E-state index in [1.807, 2.05) is 0 Å². The molecule has 0 saturated heterocycles. The molecule has 3 nitrogen and oxygen atoms in total. The zero-order valence-electron chi connectivity index (χ0n) is 9.24. The van der Waals surface area contributed by atoms with Gasteiger partial charge in [0.1, 0.15) is 11.5 Å². The molecule has 0 bridgehead atoms. The summed E-state index contributed by atoms with van der Waals surface area (Å²) in [5, 5.41) is 2.78. The van der Waals surface area contributed by atoms with Crippen molar-refractivity contribution in [3.63, 3.8) is 0 Å². The molecule has 2 aromatic rings. The number of aromatic nitrogens is 1. The Morgan fingerprint density at radius 3 is 2.65 bits per heavy atom. The van der Waals surface area contributed by atoms with E-state index in [1.54, 1.807) is 30.5 Å². The maximum atomic E-state index is 12.6. The third-order valence-electron chi connectivity index (χ3n) is 2.46. The first-order valence-electron chi connectivity index (χ1n) is 5.42. The van der Waals surface area contributed by atoms with Crippen LogP contribution in [0.1, 0.15) is 16.1 Å². The SMILES string of the molecule is O=C(NCCc1ccc(F)cc1)c1ccc[nH]1. The quantitative estimate of drug-likeness (QED) is 0.833. The largest absolute Gasteiger partial charge is 0.357 e.